The Morgan fingerprint density at radius 2 is 2.00 bits per heavy atom. The van der Waals surface area contributed by atoms with Crippen molar-refractivity contribution in [3.05, 3.63) is 29.3 Å². The molecule has 1 unspecified atom stereocenters. The lowest BCUT2D eigenvalue weighted by Gasteiger charge is -2.26. The fourth-order valence-corrected chi connectivity index (χ4v) is 2.81. The van der Waals surface area contributed by atoms with Gasteiger partial charge >= 0.3 is 12.2 Å². The number of ether oxygens (including phenoxy) is 1. The summed E-state index contributed by atoms with van der Waals surface area (Å²) in [6, 6.07) is 3.41. The molecule has 134 valence electrons. The molecule has 7 nitrogen and oxygen atoms in total. The third kappa shape index (κ3) is 3.37. The first-order valence-corrected chi connectivity index (χ1v) is 7.33. The number of carbonyl (C=O) groups is 3. The number of hydrogen-bond acceptors (Lipinski definition) is 4. The zero-order valence-corrected chi connectivity index (χ0v) is 13.1. The number of alkyl halides is 3. The van der Waals surface area contributed by atoms with Gasteiger partial charge in [-0.2, -0.15) is 13.2 Å². The molecule has 1 fully saturated rings. The number of urea groups is 1. The summed E-state index contributed by atoms with van der Waals surface area (Å²) in [7, 11) is 0. The van der Waals surface area contributed by atoms with Crippen molar-refractivity contribution in [2.75, 3.05) is 13.2 Å². The molecule has 1 atom stereocenters. The van der Waals surface area contributed by atoms with Gasteiger partial charge in [0.1, 0.15) is 11.3 Å². The highest BCUT2D eigenvalue weighted by atomic mass is 19.4. The second-order valence-electron chi connectivity index (χ2n) is 6.12. The number of hydrogen-bond donors (Lipinski definition) is 2. The Kier molecular flexibility index (Phi) is 3.85. The first-order valence-electron chi connectivity index (χ1n) is 7.33. The van der Waals surface area contributed by atoms with E-state index in [0.717, 1.165) is 0 Å². The van der Waals surface area contributed by atoms with Crippen LogP contribution < -0.4 is 15.4 Å². The highest BCUT2D eigenvalue weighted by molar-refractivity contribution is 6.07. The molecular weight excluding hydrogens is 343 g/mol. The molecule has 1 aromatic carbocycles. The molecule has 10 heteroatoms. The smallest absolute Gasteiger partial charge is 0.422 e. The van der Waals surface area contributed by atoms with E-state index >= 15 is 0 Å². The number of benzene rings is 1. The van der Waals surface area contributed by atoms with E-state index in [1.54, 1.807) is 0 Å². The lowest BCUT2D eigenvalue weighted by Crippen LogP contribution is -2.52. The van der Waals surface area contributed by atoms with Crippen molar-refractivity contribution in [2.24, 2.45) is 0 Å². The molecule has 4 amide bonds. The van der Waals surface area contributed by atoms with Crippen molar-refractivity contribution in [1.82, 2.24) is 15.5 Å². The van der Waals surface area contributed by atoms with Gasteiger partial charge in [-0.25, -0.2) is 4.79 Å². The number of nitrogens with one attached hydrogen (secondary N) is 2. The van der Waals surface area contributed by atoms with Crippen LogP contribution in [0.15, 0.2) is 18.2 Å². The zero-order chi connectivity index (χ0) is 18.4. The van der Waals surface area contributed by atoms with Gasteiger partial charge in [0.05, 0.1) is 6.54 Å². The average molecular weight is 357 g/mol. The fraction of sp³-hybridized carbons (Fsp3) is 0.400. The molecule has 0 bridgehead atoms. The van der Waals surface area contributed by atoms with Gasteiger partial charge in [0.25, 0.3) is 11.8 Å². The summed E-state index contributed by atoms with van der Waals surface area (Å²) in [4.78, 5) is 36.9. The van der Waals surface area contributed by atoms with Crippen molar-refractivity contribution >= 4 is 17.8 Å². The molecule has 0 spiro atoms. The maximum Gasteiger partial charge on any atom is 0.422 e. The van der Waals surface area contributed by atoms with Gasteiger partial charge in [0.2, 0.25) is 0 Å². The minimum absolute atomic E-state index is 0.00356. The van der Waals surface area contributed by atoms with Gasteiger partial charge in [0.15, 0.2) is 6.61 Å². The largest absolute Gasteiger partial charge is 0.484 e. The van der Waals surface area contributed by atoms with Crippen molar-refractivity contribution in [2.45, 2.75) is 25.2 Å². The highest BCUT2D eigenvalue weighted by Gasteiger charge is 2.45. The molecule has 1 saturated heterocycles. The summed E-state index contributed by atoms with van der Waals surface area (Å²) < 4.78 is 41.3. The van der Waals surface area contributed by atoms with Crippen LogP contribution in [0, 0.1) is 0 Å². The van der Waals surface area contributed by atoms with E-state index in [-0.39, 0.29) is 24.7 Å². The second-order valence-corrected chi connectivity index (χ2v) is 6.12. The van der Waals surface area contributed by atoms with Crippen molar-refractivity contribution < 1.29 is 32.3 Å². The SMILES string of the molecule is CC1(CN2Cc3cc(OCC(F)(F)F)ccc3C2=O)NC(=O)NC1=O. The van der Waals surface area contributed by atoms with Crippen LogP contribution in [-0.2, 0) is 11.3 Å². The molecule has 0 radical (unpaired) electrons. The van der Waals surface area contributed by atoms with Crippen LogP contribution in [0.25, 0.3) is 0 Å². The van der Waals surface area contributed by atoms with E-state index < -0.39 is 30.3 Å². The van der Waals surface area contributed by atoms with Gasteiger partial charge < -0.3 is 15.0 Å². The number of carbonyl (C=O) groups excluding carboxylic acids is 3. The number of fused-ring (bicyclic) bond motifs is 1. The maximum atomic E-state index is 12.4. The summed E-state index contributed by atoms with van der Waals surface area (Å²) in [6.07, 6.45) is -4.45. The summed E-state index contributed by atoms with van der Waals surface area (Å²) in [6.45, 7) is 0.113. The molecule has 2 N–H and O–H groups in total. The van der Waals surface area contributed by atoms with E-state index in [4.69, 9.17) is 0 Å². The predicted octanol–water partition coefficient (Wildman–Crippen LogP) is 1.18. The van der Waals surface area contributed by atoms with Gasteiger partial charge in [-0.15, -0.1) is 0 Å². The molecule has 2 aliphatic rings. The normalized spacial score (nSPS) is 22.7. The Hall–Kier alpha value is -2.78. The minimum atomic E-state index is -4.45. The number of halogens is 3. The topological polar surface area (TPSA) is 87.7 Å². The van der Waals surface area contributed by atoms with Crippen molar-refractivity contribution in [3.8, 4) is 5.75 Å². The van der Waals surface area contributed by atoms with Crippen LogP contribution in [0.5, 0.6) is 5.75 Å². The average Bonchev–Trinajstić information content (AvgIpc) is 2.93. The molecule has 25 heavy (non-hydrogen) atoms. The molecule has 0 aromatic heterocycles. The summed E-state index contributed by atoms with van der Waals surface area (Å²) in [5, 5.41) is 4.56. The van der Waals surface area contributed by atoms with Crippen molar-refractivity contribution in [3.63, 3.8) is 0 Å². The lowest BCUT2D eigenvalue weighted by atomic mass is 10.0. The van der Waals surface area contributed by atoms with Crippen LogP contribution >= 0.6 is 0 Å². The minimum Gasteiger partial charge on any atom is -0.484 e. The quantitative estimate of drug-likeness (QED) is 0.793. The monoisotopic (exact) mass is 357 g/mol. The third-order valence-electron chi connectivity index (χ3n) is 3.98. The highest BCUT2D eigenvalue weighted by Crippen LogP contribution is 2.29. The first kappa shape index (κ1) is 17.1. The molecule has 2 aliphatic heterocycles. The predicted molar refractivity (Wildman–Crippen MR) is 77.8 cm³/mol. The second kappa shape index (κ2) is 5.64. The standard InChI is InChI=1S/C15H14F3N3O4/c1-14(12(23)19-13(24)20-14)6-21-5-8-4-9(25-7-15(16,17)18)2-3-10(8)11(21)22/h2-4H,5-7H2,1H3,(H2,19,20,23,24). The molecular formula is C15H14F3N3O4. The summed E-state index contributed by atoms with van der Waals surface area (Å²) >= 11 is 0. The van der Waals surface area contributed by atoms with Crippen molar-refractivity contribution in [1.29, 1.82) is 0 Å². The van der Waals surface area contributed by atoms with Gasteiger partial charge in [-0.1, -0.05) is 0 Å². The summed E-state index contributed by atoms with van der Waals surface area (Å²) in [5.41, 5.74) is -0.435. The van der Waals surface area contributed by atoms with Gasteiger partial charge in [-0.3, -0.25) is 14.9 Å². The van der Waals surface area contributed by atoms with E-state index in [2.05, 4.69) is 15.4 Å². The number of nitrogens with zero attached hydrogens (tertiary/aromatic N) is 1. The molecule has 0 aliphatic carbocycles. The number of amides is 4. The van der Waals surface area contributed by atoms with E-state index in [1.807, 2.05) is 0 Å². The van der Waals surface area contributed by atoms with E-state index in [1.165, 1.54) is 30.0 Å². The fourth-order valence-electron chi connectivity index (χ4n) is 2.81. The van der Waals surface area contributed by atoms with Crippen LogP contribution in [0.3, 0.4) is 0 Å². The Bertz CT molecular complexity index is 765. The summed E-state index contributed by atoms with van der Waals surface area (Å²) in [5.74, 6) is -0.910. The van der Waals surface area contributed by atoms with Crippen LogP contribution in [0.4, 0.5) is 18.0 Å². The Morgan fingerprint density at radius 1 is 1.28 bits per heavy atom. The van der Waals surface area contributed by atoms with Crippen LogP contribution in [0.1, 0.15) is 22.8 Å². The Morgan fingerprint density at radius 3 is 2.60 bits per heavy atom. The van der Waals surface area contributed by atoms with E-state index in [0.29, 0.717) is 11.1 Å². The zero-order valence-electron chi connectivity index (χ0n) is 13.1. The number of rotatable bonds is 4. The van der Waals surface area contributed by atoms with Gasteiger partial charge in [-0.05, 0) is 30.7 Å². The first-order chi connectivity index (χ1) is 11.6. The molecule has 1 aromatic rings. The molecule has 3 rings (SSSR count). The van der Waals surface area contributed by atoms with E-state index in [9.17, 15) is 27.6 Å². The Balaban J connectivity index is 1.73. The molecule has 2 heterocycles. The Labute approximate surface area is 140 Å². The third-order valence-corrected chi connectivity index (χ3v) is 3.98. The van der Waals surface area contributed by atoms with Crippen LogP contribution in [-0.4, -0.2) is 47.6 Å². The lowest BCUT2D eigenvalue weighted by molar-refractivity contribution is -0.153. The number of imide groups is 1. The van der Waals surface area contributed by atoms with Gasteiger partial charge in [0, 0.05) is 12.1 Å². The van der Waals surface area contributed by atoms with Crippen LogP contribution in [0.2, 0.25) is 0 Å². The maximum absolute atomic E-state index is 12.4. The molecule has 0 saturated carbocycles.